The minimum atomic E-state index is -0.186. The Bertz CT molecular complexity index is 603. The molecule has 2 aromatic heterocycles. The van der Waals surface area contributed by atoms with Gasteiger partial charge in [-0.3, -0.25) is 4.79 Å². The van der Waals surface area contributed by atoms with Crippen molar-refractivity contribution in [1.29, 1.82) is 0 Å². The second-order valence-corrected chi connectivity index (χ2v) is 6.36. The van der Waals surface area contributed by atoms with Crippen molar-refractivity contribution in [2.24, 2.45) is 5.73 Å². The molecule has 1 aliphatic rings. The number of carbonyl (C=O) groups is 1. The molecule has 0 aliphatic heterocycles. The molecule has 22 heavy (non-hydrogen) atoms. The van der Waals surface area contributed by atoms with Crippen LogP contribution in [0.4, 0.5) is 0 Å². The van der Waals surface area contributed by atoms with E-state index in [1.165, 1.54) is 0 Å². The molecular weight excluding hydrogens is 300 g/mol. The van der Waals surface area contributed by atoms with E-state index in [1.54, 1.807) is 27.7 Å². The van der Waals surface area contributed by atoms with Gasteiger partial charge < -0.3 is 11.1 Å². The lowest BCUT2D eigenvalue weighted by molar-refractivity contribution is 0.0949. The standard InChI is InChI=1S/C14H20N6OS/c15-10-1-3-12(4-2-10)20-7-13(18-19-20)14(21)16-6-5-11-8-22-9-17-11/h7-10,12H,1-6,15H2,(H,16,21). The fourth-order valence-corrected chi connectivity index (χ4v) is 3.27. The molecule has 1 saturated carbocycles. The van der Waals surface area contributed by atoms with Crippen molar-refractivity contribution < 1.29 is 4.79 Å². The number of amides is 1. The van der Waals surface area contributed by atoms with Crippen LogP contribution >= 0.6 is 11.3 Å². The number of nitrogens with two attached hydrogens (primary N) is 1. The fourth-order valence-electron chi connectivity index (χ4n) is 2.68. The average Bonchev–Trinajstić information content (AvgIpc) is 3.19. The second-order valence-electron chi connectivity index (χ2n) is 5.64. The smallest absolute Gasteiger partial charge is 0.273 e. The van der Waals surface area contributed by atoms with Gasteiger partial charge in [-0.15, -0.1) is 16.4 Å². The van der Waals surface area contributed by atoms with E-state index >= 15 is 0 Å². The van der Waals surface area contributed by atoms with Crippen molar-refractivity contribution in [2.75, 3.05) is 6.54 Å². The molecule has 8 heteroatoms. The Morgan fingerprint density at radius 1 is 1.41 bits per heavy atom. The van der Waals surface area contributed by atoms with Crippen LogP contribution in [0.25, 0.3) is 0 Å². The van der Waals surface area contributed by atoms with Crippen molar-refractivity contribution in [3.8, 4) is 0 Å². The van der Waals surface area contributed by atoms with Gasteiger partial charge in [0.2, 0.25) is 0 Å². The first-order valence-electron chi connectivity index (χ1n) is 7.55. The molecule has 1 aliphatic carbocycles. The molecule has 0 spiro atoms. The Labute approximate surface area is 132 Å². The lowest BCUT2D eigenvalue weighted by atomic mass is 9.92. The highest BCUT2D eigenvalue weighted by Crippen LogP contribution is 2.26. The van der Waals surface area contributed by atoms with Gasteiger partial charge in [0.1, 0.15) is 0 Å². The van der Waals surface area contributed by atoms with Crippen LogP contribution in [0.2, 0.25) is 0 Å². The summed E-state index contributed by atoms with van der Waals surface area (Å²) in [4.78, 5) is 16.2. The summed E-state index contributed by atoms with van der Waals surface area (Å²) >= 11 is 1.56. The van der Waals surface area contributed by atoms with E-state index < -0.39 is 0 Å². The van der Waals surface area contributed by atoms with E-state index in [0.717, 1.165) is 37.8 Å². The van der Waals surface area contributed by atoms with E-state index in [0.29, 0.717) is 24.3 Å². The van der Waals surface area contributed by atoms with Gasteiger partial charge in [-0.05, 0) is 25.7 Å². The Morgan fingerprint density at radius 3 is 2.95 bits per heavy atom. The van der Waals surface area contributed by atoms with Crippen LogP contribution in [0.1, 0.15) is 47.9 Å². The van der Waals surface area contributed by atoms with Crippen molar-refractivity contribution >= 4 is 17.2 Å². The molecule has 0 aromatic carbocycles. The molecule has 1 amide bonds. The molecule has 0 saturated heterocycles. The number of hydrogen-bond acceptors (Lipinski definition) is 6. The Balaban J connectivity index is 1.50. The fraction of sp³-hybridized carbons (Fsp3) is 0.571. The van der Waals surface area contributed by atoms with E-state index in [-0.39, 0.29) is 5.91 Å². The molecule has 118 valence electrons. The van der Waals surface area contributed by atoms with Gasteiger partial charge in [0.15, 0.2) is 5.69 Å². The number of aromatic nitrogens is 4. The summed E-state index contributed by atoms with van der Waals surface area (Å²) in [6.45, 7) is 0.549. The zero-order valence-electron chi connectivity index (χ0n) is 12.3. The first-order valence-corrected chi connectivity index (χ1v) is 8.49. The van der Waals surface area contributed by atoms with E-state index in [1.807, 2.05) is 5.38 Å². The van der Waals surface area contributed by atoms with Crippen LogP contribution in [0.5, 0.6) is 0 Å². The first-order chi connectivity index (χ1) is 10.7. The maximum atomic E-state index is 12.1. The van der Waals surface area contributed by atoms with Crippen LogP contribution < -0.4 is 11.1 Å². The maximum absolute atomic E-state index is 12.1. The topological polar surface area (TPSA) is 98.7 Å². The quantitative estimate of drug-likeness (QED) is 0.861. The predicted octanol–water partition coefficient (Wildman–Crippen LogP) is 1.15. The molecule has 0 bridgehead atoms. The summed E-state index contributed by atoms with van der Waals surface area (Å²) in [6.07, 6.45) is 6.45. The molecule has 3 N–H and O–H groups in total. The molecule has 3 rings (SSSR count). The third-order valence-corrected chi connectivity index (χ3v) is 4.64. The average molecular weight is 320 g/mol. The van der Waals surface area contributed by atoms with Gasteiger partial charge >= 0.3 is 0 Å². The lowest BCUT2D eigenvalue weighted by Crippen LogP contribution is -2.28. The molecule has 2 heterocycles. The number of hydrogen-bond donors (Lipinski definition) is 2. The van der Waals surface area contributed by atoms with Gasteiger partial charge in [-0.25, -0.2) is 9.67 Å². The summed E-state index contributed by atoms with van der Waals surface area (Å²) in [5, 5.41) is 12.9. The van der Waals surface area contributed by atoms with Gasteiger partial charge in [-0.2, -0.15) is 0 Å². The van der Waals surface area contributed by atoms with Gasteiger partial charge in [-0.1, -0.05) is 5.21 Å². The lowest BCUT2D eigenvalue weighted by Gasteiger charge is -2.25. The second kappa shape index (κ2) is 6.97. The Morgan fingerprint density at radius 2 is 2.23 bits per heavy atom. The largest absolute Gasteiger partial charge is 0.350 e. The van der Waals surface area contributed by atoms with Gasteiger partial charge in [0.05, 0.1) is 23.4 Å². The number of carbonyl (C=O) groups excluding carboxylic acids is 1. The van der Waals surface area contributed by atoms with Crippen LogP contribution in [0.15, 0.2) is 17.1 Å². The molecular formula is C14H20N6OS. The van der Waals surface area contributed by atoms with Gasteiger partial charge in [0.25, 0.3) is 5.91 Å². The summed E-state index contributed by atoms with van der Waals surface area (Å²) in [5.41, 5.74) is 9.06. The highest BCUT2D eigenvalue weighted by atomic mass is 32.1. The van der Waals surface area contributed by atoms with Crippen molar-refractivity contribution in [2.45, 2.75) is 44.2 Å². The highest BCUT2D eigenvalue weighted by Gasteiger charge is 2.22. The summed E-state index contributed by atoms with van der Waals surface area (Å²) in [5.74, 6) is -0.186. The molecule has 2 aromatic rings. The maximum Gasteiger partial charge on any atom is 0.273 e. The summed E-state index contributed by atoms with van der Waals surface area (Å²) in [6, 6.07) is 0.608. The SMILES string of the molecule is NC1CCC(n2cc(C(=O)NCCc3cscn3)nn2)CC1. The number of thiazole rings is 1. The van der Waals surface area contributed by atoms with Crippen molar-refractivity contribution in [3.05, 3.63) is 28.5 Å². The monoisotopic (exact) mass is 320 g/mol. The van der Waals surface area contributed by atoms with Gasteiger partial charge in [0, 0.05) is 24.4 Å². The van der Waals surface area contributed by atoms with Crippen LogP contribution in [-0.2, 0) is 6.42 Å². The zero-order valence-corrected chi connectivity index (χ0v) is 13.1. The third kappa shape index (κ3) is 3.69. The molecule has 0 atom stereocenters. The van der Waals surface area contributed by atoms with E-state index in [2.05, 4.69) is 20.6 Å². The van der Waals surface area contributed by atoms with Crippen LogP contribution in [0, 0.1) is 0 Å². The number of nitrogens with zero attached hydrogens (tertiary/aromatic N) is 4. The first kappa shape index (κ1) is 15.1. The Kier molecular flexibility index (Phi) is 4.79. The minimum absolute atomic E-state index is 0.186. The Hall–Kier alpha value is -1.80. The van der Waals surface area contributed by atoms with Crippen LogP contribution in [0.3, 0.4) is 0 Å². The van der Waals surface area contributed by atoms with Crippen molar-refractivity contribution in [3.63, 3.8) is 0 Å². The van der Waals surface area contributed by atoms with E-state index in [4.69, 9.17) is 5.73 Å². The number of rotatable bonds is 5. The molecule has 0 unspecified atom stereocenters. The molecule has 1 fully saturated rings. The minimum Gasteiger partial charge on any atom is -0.350 e. The third-order valence-electron chi connectivity index (χ3n) is 4.01. The van der Waals surface area contributed by atoms with E-state index in [9.17, 15) is 4.79 Å². The molecule has 7 nitrogen and oxygen atoms in total. The predicted molar refractivity (Wildman–Crippen MR) is 83.7 cm³/mol. The number of nitrogens with one attached hydrogen (secondary N) is 1. The summed E-state index contributed by atoms with van der Waals surface area (Å²) in [7, 11) is 0. The highest BCUT2D eigenvalue weighted by molar-refractivity contribution is 7.07. The van der Waals surface area contributed by atoms with Crippen LogP contribution in [-0.4, -0.2) is 38.5 Å². The zero-order chi connectivity index (χ0) is 15.4. The summed E-state index contributed by atoms with van der Waals surface area (Å²) < 4.78 is 1.81. The van der Waals surface area contributed by atoms with Crippen molar-refractivity contribution in [1.82, 2.24) is 25.3 Å². The molecule has 0 radical (unpaired) electrons. The normalized spacial score (nSPS) is 21.7.